The number of carbonyl (C=O) groups is 2. The Balaban J connectivity index is 0.000000786. The molecular formula is C30H38F3NO3. The van der Waals surface area contributed by atoms with Crippen molar-refractivity contribution in [1.82, 2.24) is 0 Å². The Kier molecular flexibility index (Phi) is 14.8. The quantitative estimate of drug-likeness (QED) is 0.152. The fraction of sp³-hybridized carbons (Fsp3) is 0.367. The summed E-state index contributed by atoms with van der Waals surface area (Å²) in [6, 6.07) is 9.93. The highest BCUT2D eigenvalue weighted by Gasteiger charge is 2.36. The number of ketones is 1. The minimum Gasteiger partial charge on any atom is -0.469 e. The Morgan fingerprint density at radius 1 is 1.11 bits per heavy atom. The van der Waals surface area contributed by atoms with Gasteiger partial charge in [-0.05, 0) is 56.4 Å². The summed E-state index contributed by atoms with van der Waals surface area (Å²) in [4.78, 5) is 26.3. The smallest absolute Gasteiger partial charge is 0.418 e. The summed E-state index contributed by atoms with van der Waals surface area (Å²) >= 11 is 0. The second-order valence-electron chi connectivity index (χ2n) is 8.14. The van der Waals surface area contributed by atoms with Crippen molar-refractivity contribution in [3.05, 3.63) is 94.8 Å². The number of alkyl halides is 3. The molecule has 4 nitrogen and oxygen atoms in total. The average Bonchev–Trinajstić information content (AvgIpc) is 3.37. The van der Waals surface area contributed by atoms with Gasteiger partial charge in [0.2, 0.25) is 0 Å². The Hall–Kier alpha value is -3.48. The summed E-state index contributed by atoms with van der Waals surface area (Å²) in [6.07, 6.45) is 6.54. The topological polar surface area (TPSA) is 55.7 Å². The highest BCUT2D eigenvalue weighted by Crippen LogP contribution is 2.31. The maximum Gasteiger partial charge on any atom is 0.418 e. The van der Waals surface area contributed by atoms with E-state index in [0.29, 0.717) is 12.0 Å². The number of halogens is 3. The Morgan fingerprint density at radius 3 is 2.16 bits per heavy atom. The van der Waals surface area contributed by atoms with E-state index in [1.807, 2.05) is 49.4 Å². The van der Waals surface area contributed by atoms with E-state index in [9.17, 15) is 22.8 Å². The molecule has 0 fully saturated rings. The standard InChI is InChI=1S/C18H20F3NO.C11H14O2.CH4/c1-5-14(15-9-7-8-10-15)11-16(18(19,20)21)12(3)22-17(6-2)13(4)23;1-9(11(12)13-2)8-10-6-4-3-5-7-10;/h5-7,9-11H,8H2,1-4H3;3-7,9H,8H2,1-2H3;1H4/b14-5+,16-11+,17-6-,22-12+;;. The van der Waals surface area contributed by atoms with Gasteiger partial charge < -0.3 is 4.74 Å². The monoisotopic (exact) mass is 517 g/mol. The zero-order chi connectivity index (χ0) is 27.3. The van der Waals surface area contributed by atoms with Crippen molar-refractivity contribution in [2.45, 2.75) is 61.1 Å². The SMILES string of the molecule is C.COC(=O)C(C)Cc1ccccc1.C\C=C(/N=C(C)/C(=C\C(=C/C)C1=CCC=C1)C(F)(F)F)C(C)=O. The van der Waals surface area contributed by atoms with Crippen molar-refractivity contribution in [3.8, 4) is 0 Å². The van der Waals surface area contributed by atoms with Crippen LogP contribution >= 0.6 is 0 Å². The molecule has 0 radical (unpaired) electrons. The lowest BCUT2D eigenvalue weighted by atomic mass is 10.0. The lowest BCUT2D eigenvalue weighted by Crippen LogP contribution is -2.19. The number of methoxy groups -OCH3 is 1. The summed E-state index contributed by atoms with van der Waals surface area (Å²) in [7, 11) is 1.42. The molecule has 0 spiro atoms. The van der Waals surface area contributed by atoms with E-state index in [2.05, 4.69) is 9.73 Å². The minimum atomic E-state index is -4.56. The largest absolute Gasteiger partial charge is 0.469 e. The molecule has 0 amide bonds. The van der Waals surface area contributed by atoms with Gasteiger partial charge in [0.15, 0.2) is 5.78 Å². The number of carbonyl (C=O) groups excluding carboxylic acids is 2. The van der Waals surface area contributed by atoms with Crippen molar-refractivity contribution >= 4 is 17.5 Å². The van der Waals surface area contributed by atoms with Crippen molar-refractivity contribution < 1.29 is 27.5 Å². The van der Waals surface area contributed by atoms with Crippen LogP contribution in [-0.4, -0.2) is 30.8 Å². The van der Waals surface area contributed by atoms with Crippen LogP contribution in [0.5, 0.6) is 0 Å². The molecule has 0 heterocycles. The van der Waals surface area contributed by atoms with Gasteiger partial charge in [-0.1, -0.05) is 75.1 Å². The van der Waals surface area contributed by atoms with Crippen LogP contribution in [0.3, 0.4) is 0 Å². The lowest BCUT2D eigenvalue weighted by Gasteiger charge is -2.13. The maximum absolute atomic E-state index is 13.4. The van der Waals surface area contributed by atoms with E-state index < -0.39 is 11.7 Å². The summed E-state index contributed by atoms with van der Waals surface area (Å²) in [5, 5.41) is 0. The van der Waals surface area contributed by atoms with E-state index in [0.717, 1.165) is 18.1 Å². The van der Waals surface area contributed by atoms with Gasteiger partial charge >= 0.3 is 12.1 Å². The zero-order valence-electron chi connectivity index (χ0n) is 21.6. The van der Waals surface area contributed by atoms with Gasteiger partial charge in [-0.15, -0.1) is 0 Å². The lowest BCUT2D eigenvalue weighted by molar-refractivity contribution is -0.144. The van der Waals surface area contributed by atoms with Gasteiger partial charge in [0.25, 0.3) is 0 Å². The molecule has 0 aromatic heterocycles. The highest BCUT2D eigenvalue weighted by molar-refractivity contribution is 6.04. The molecule has 202 valence electrons. The van der Waals surface area contributed by atoms with Crippen LogP contribution in [0.4, 0.5) is 13.2 Å². The molecule has 37 heavy (non-hydrogen) atoms. The van der Waals surface area contributed by atoms with Crippen LogP contribution in [-0.2, 0) is 20.7 Å². The first kappa shape index (κ1) is 33.5. The highest BCUT2D eigenvalue weighted by atomic mass is 19.4. The molecule has 7 heteroatoms. The van der Waals surface area contributed by atoms with E-state index >= 15 is 0 Å². The van der Waals surface area contributed by atoms with Gasteiger partial charge in [-0.2, -0.15) is 13.2 Å². The zero-order valence-corrected chi connectivity index (χ0v) is 21.6. The molecular weight excluding hydrogens is 479 g/mol. The van der Waals surface area contributed by atoms with Crippen LogP contribution < -0.4 is 0 Å². The molecule has 2 rings (SSSR count). The van der Waals surface area contributed by atoms with Gasteiger partial charge in [0, 0.05) is 6.92 Å². The number of benzene rings is 1. The van der Waals surface area contributed by atoms with E-state index in [4.69, 9.17) is 0 Å². The molecule has 1 unspecified atom stereocenters. The molecule has 1 aliphatic rings. The van der Waals surface area contributed by atoms with Crippen molar-refractivity contribution in [1.29, 1.82) is 0 Å². The van der Waals surface area contributed by atoms with Crippen LogP contribution in [0.25, 0.3) is 0 Å². The first-order valence-electron chi connectivity index (χ1n) is 11.6. The number of hydrogen-bond acceptors (Lipinski definition) is 4. The second kappa shape index (κ2) is 16.3. The number of ether oxygens (including phenoxy) is 1. The molecule has 0 saturated heterocycles. The third-order valence-electron chi connectivity index (χ3n) is 5.32. The van der Waals surface area contributed by atoms with E-state index in [1.165, 1.54) is 32.6 Å². The van der Waals surface area contributed by atoms with Crippen molar-refractivity contribution in [3.63, 3.8) is 0 Å². The summed E-state index contributed by atoms with van der Waals surface area (Å²) in [5.41, 5.74) is 1.32. The van der Waals surface area contributed by atoms with Crippen LogP contribution in [0.15, 0.2) is 94.2 Å². The normalized spacial score (nSPS) is 15.2. The predicted octanol–water partition coefficient (Wildman–Crippen LogP) is 7.94. The average molecular weight is 518 g/mol. The fourth-order valence-corrected chi connectivity index (χ4v) is 3.39. The molecule has 1 aliphatic carbocycles. The molecule has 0 aliphatic heterocycles. The molecule has 1 atom stereocenters. The molecule has 1 aromatic rings. The van der Waals surface area contributed by atoms with Gasteiger partial charge in [-0.3, -0.25) is 9.59 Å². The Bertz CT molecular complexity index is 1090. The number of esters is 1. The van der Waals surface area contributed by atoms with Gasteiger partial charge in [0.1, 0.15) is 5.70 Å². The summed E-state index contributed by atoms with van der Waals surface area (Å²) < 4.78 is 44.8. The number of nitrogens with zero attached hydrogens (tertiary/aromatic N) is 1. The van der Waals surface area contributed by atoms with E-state index in [-0.39, 0.29) is 36.5 Å². The summed E-state index contributed by atoms with van der Waals surface area (Å²) in [6.45, 7) is 7.66. The molecule has 0 saturated carbocycles. The van der Waals surface area contributed by atoms with E-state index in [1.54, 1.807) is 26.0 Å². The minimum absolute atomic E-state index is 0. The van der Waals surface area contributed by atoms with Crippen LogP contribution in [0, 0.1) is 5.92 Å². The van der Waals surface area contributed by atoms with Gasteiger partial charge in [0.05, 0.1) is 24.3 Å². The fourth-order valence-electron chi connectivity index (χ4n) is 3.39. The van der Waals surface area contributed by atoms with Crippen LogP contribution in [0.1, 0.15) is 54.0 Å². The Morgan fingerprint density at radius 2 is 1.73 bits per heavy atom. The molecule has 1 aromatic carbocycles. The molecule has 0 N–H and O–H groups in total. The van der Waals surface area contributed by atoms with Crippen molar-refractivity contribution in [2.24, 2.45) is 10.9 Å². The number of rotatable bonds is 8. The third kappa shape index (κ3) is 11.4. The first-order valence-corrected chi connectivity index (χ1v) is 11.6. The molecule has 0 bridgehead atoms. The number of Topliss-reactive ketones (excluding diaryl/α,β-unsaturated/α-hetero) is 1. The predicted molar refractivity (Wildman–Crippen MR) is 145 cm³/mol. The van der Waals surface area contributed by atoms with Crippen molar-refractivity contribution in [2.75, 3.05) is 7.11 Å². The summed E-state index contributed by atoms with van der Waals surface area (Å²) in [5.74, 6) is -0.586. The third-order valence-corrected chi connectivity index (χ3v) is 5.32. The first-order chi connectivity index (χ1) is 16.9. The number of hydrogen-bond donors (Lipinski definition) is 0. The van der Waals surface area contributed by atoms with Gasteiger partial charge in [-0.25, -0.2) is 4.99 Å². The van der Waals surface area contributed by atoms with Crippen LogP contribution in [0.2, 0.25) is 0 Å². The Labute approximate surface area is 219 Å². The number of allylic oxidation sites excluding steroid dienone is 10. The second-order valence-corrected chi connectivity index (χ2v) is 8.14. The number of aliphatic imine (C=N–C) groups is 1. The maximum atomic E-state index is 13.4.